The van der Waals surface area contributed by atoms with Gasteiger partial charge in [-0.3, -0.25) is 9.36 Å². The first-order valence-corrected chi connectivity index (χ1v) is 9.55. The highest BCUT2D eigenvalue weighted by atomic mass is 32.2. The largest absolute Gasteiger partial charge is 0.451 e. The number of benzene rings is 1. The van der Waals surface area contributed by atoms with Gasteiger partial charge in [-0.05, 0) is 31.2 Å². The lowest BCUT2D eigenvalue weighted by Gasteiger charge is -2.13. The predicted octanol–water partition coefficient (Wildman–Crippen LogP) is 2.81. The van der Waals surface area contributed by atoms with Gasteiger partial charge < -0.3 is 10.1 Å². The number of nitrogens with one attached hydrogen (secondary N) is 1. The minimum Gasteiger partial charge on any atom is -0.451 e. The van der Waals surface area contributed by atoms with Gasteiger partial charge in [0.2, 0.25) is 0 Å². The molecule has 1 amide bonds. The molecule has 1 fully saturated rings. The van der Waals surface area contributed by atoms with Crippen molar-refractivity contribution in [1.29, 1.82) is 0 Å². The minimum absolute atomic E-state index is 0.212. The van der Waals surface area contributed by atoms with E-state index in [-0.39, 0.29) is 18.6 Å². The molecule has 0 radical (unpaired) electrons. The molecule has 0 atom stereocenters. The average Bonchev–Trinajstić information content (AvgIpc) is 3.29. The third-order valence-corrected chi connectivity index (χ3v) is 4.84. The van der Waals surface area contributed by atoms with Crippen LogP contribution in [0.3, 0.4) is 0 Å². The normalized spacial score (nSPS) is 14.4. The molecule has 0 spiro atoms. The second-order valence-electron chi connectivity index (χ2n) is 5.93. The minimum atomic E-state index is -0.557. The fourth-order valence-electron chi connectivity index (χ4n) is 2.99. The van der Waals surface area contributed by atoms with E-state index >= 15 is 0 Å². The van der Waals surface area contributed by atoms with Gasteiger partial charge >= 0.3 is 5.97 Å². The number of esters is 1. The van der Waals surface area contributed by atoms with Crippen molar-refractivity contribution in [3.05, 3.63) is 42.2 Å². The molecule has 132 valence electrons. The van der Waals surface area contributed by atoms with E-state index in [1.807, 2.05) is 36.6 Å². The number of hydrogen-bond donors (Lipinski definition) is 1. The van der Waals surface area contributed by atoms with Crippen LogP contribution in [0.4, 0.5) is 0 Å². The Bertz CT molecular complexity index is 739. The summed E-state index contributed by atoms with van der Waals surface area (Å²) in [7, 11) is 0. The average molecular weight is 359 g/mol. The molecule has 0 saturated heterocycles. The lowest BCUT2D eigenvalue weighted by atomic mass is 10.2. The summed E-state index contributed by atoms with van der Waals surface area (Å²) in [5.74, 6) is -0.811. The molecule has 1 saturated carbocycles. The summed E-state index contributed by atoms with van der Waals surface area (Å²) >= 11 is 1.44. The van der Waals surface area contributed by atoms with Gasteiger partial charge in [-0.25, -0.2) is 9.78 Å². The van der Waals surface area contributed by atoms with Crippen molar-refractivity contribution < 1.29 is 14.3 Å². The monoisotopic (exact) mass is 359 g/mol. The Morgan fingerprint density at radius 1 is 1.28 bits per heavy atom. The topological polar surface area (TPSA) is 73.2 Å². The Morgan fingerprint density at radius 2 is 2.00 bits per heavy atom. The highest BCUT2D eigenvalue weighted by molar-refractivity contribution is 7.98. The summed E-state index contributed by atoms with van der Waals surface area (Å²) in [5, 5.41) is 3.59. The zero-order valence-corrected chi connectivity index (χ0v) is 14.9. The summed E-state index contributed by atoms with van der Waals surface area (Å²) in [6, 6.07) is 9.69. The van der Waals surface area contributed by atoms with E-state index in [0.29, 0.717) is 10.9 Å². The van der Waals surface area contributed by atoms with Crippen LogP contribution < -0.4 is 5.32 Å². The molecule has 2 aromatic rings. The number of ether oxygens (including phenoxy) is 1. The van der Waals surface area contributed by atoms with Crippen molar-refractivity contribution in [2.24, 2.45) is 0 Å². The molecule has 0 unspecified atom stereocenters. The summed E-state index contributed by atoms with van der Waals surface area (Å²) in [5.41, 5.74) is 1.14. The maximum atomic E-state index is 12.4. The number of carbonyl (C=O) groups excluding carboxylic acids is 2. The van der Waals surface area contributed by atoms with Crippen LogP contribution in [0.1, 0.15) is 36.2 Å². The van der Waals surface area contributed by atoms with Crippen LogP contribution in [0.2, 0.25) is 0 Å². The van der Waals surface area contributed by atoms with Crippen LogP contribution in [-0.4, -0.2) is 40.3 Å². The number of carbonyl (C=O) groups is 2. The van der Waals surface area contributed by atoms with Gasteiger partial charge in [0.15, 0.2) is 17.5 Å². The molecule has 6 nitrogen and oxygen atoms in total. The van der Waals surface area contributed by atoms with Gasteiger partial charge in [-0.2, -0.15) is 0 Å². The number of rotatable bonds is 6. The van der Waals surface area contributed by atoms with Crippen molar-refractivity contribution in [3.63, 3.8) is 0 Å². The van der Waals surface area contributed by atoms with Crippen LogP contribution >= 0.6 is 11.8 Å². The summed E-state index contributed by atoms with van der Waals surface area (Å²) in [6.45, 7) is -0.274. The van der Waals surface area contributed by atoms with Crippen LogP contribution in [0.15, 0.2) is 41.7 Å². The van der Waals surface area contributed by atoms with Gasteiger partial charge in [0, 0.05) is 11.7 Å². The predicted molar refractivity (Wildman–Crippen MR) is 96.0 cm³/mol. The SMILES string of the molecule is CSc1ncc(C(=O)OCC(=O)NC2CCCC2)n1-c1ccccc1. The Balaban J connectivity index is 1.68. The van der Waals surface area contributed by atoms with E-state index in [1.165, 1.54) is 18.0 Å². The summed E-state index contributed by atoms with van der Waals surface area (Å²) < 4.78 is 6.94. The number of aromatic nitrogens is 2. The van der Waals surface area contributed by atoms with Crippen molar-refractivity contribution in [3.8, 4) is 5.69 Å². The van der Waals surface area contributed by atoms with E-state index in [9.17, 15) is 9.59 Å². The highest BCUT2D eigenvalue weighted by Gasteiger charge is 2.21. The van der Waals surface area contributed by atoms with Crippen molar-refractivity contribution >= 4 is 23.6 Å². The van der Waals surface area contributed by atoms with Crippen LogP contribution in [0.5, 0.6) is 0 Å². The third-order valence-electron chi connectivity index (χ3n) is 4.19. The van der Waals surface area contributed by atoms with Crippen LogP contribution in [0.25, 0.3) is 5.69 Å². The van der Waals surface area contributed by atoms with Gasteiger partial charge in [0.25, 0.3) is 5.91 Å². The first-order valence-electron chi connectivity index (χ1n) is 8.32. The lowest BCUT2D eigenvalue weighted by Crippen LogP contribution is -2.36. The molecule has 1 N–H and O–H groups in total. The quantitative estimate of drug-likeness (QED) is 0.634. The van der Waals surface area contributed by atoms with Crippen molar-refractivity contribution in [1.82, 2.24) is 14.9 Å². The molecular weight excluding hydrogens is 338 g/mol. The molecule has 3 rings (SSSR count). The first-order chi connectivity index (χ1) is 12.2. The molecule has 7 heteroatoms. The maximum Gasteiger partial charge on any atom is 0.357 e. The molecule has 0 bridgehead atoms. The Hall–Kier alpha value is -2.28. The van der Waals surface area contributed by atoms with Gasteiger partial charge in [0.05, 0.1) is 6.20 Å². The van der Waals surface area contributed by atoms with E-state index in [1.54, 1.807) is 4.57 Å². The summed E-state index contributed by atoms with van der Waals surface area (Å²) in [6.07, 6.45) is 7.65. The number of para-hydroxylation sites is 1. The fourth-order valence-corrected chi connectivity index (χ4v) is 3.54. The van der Waals surface area contributed by atoms with Crippen LogP contribution in [0, 0.1) is 0 Å². The standard InChI is InChI=1S/C18H21N3O3S/c1-25-18-19-11-15(21(18)14-9-3-2-4-10-14)17(23)24-12-16(22)20-13-7-5-6-8-13/h2-4,9-11,13H,5-8,12H2,1H3,(H,20,22). The van der Waals surface area contributed by atoms with E-state index in [4.69, 9.17) is 4.74 Å². The second-order valence-corrected chi connectivity index (χ2v) is 6.70. The van der Waals surface area contributed by atoms with E-state index in [0.717, 1.165) is 31.4 Å². The van der Waals surface area contributed by atoms with Crippen molar-refractivity contribution in [2.75, 3.05) is 12.9 Å². The molecule has 1 heterocycles. The zero-order valence-electron chi connectivity index (χ0n) is 14.1. The zero-order chi connectivity index (χ0) is 17.6. The summed E-state index contributed by atoms with van der Waals surface area (Å²) in [4.78, 5) is 28.6. The molecule has 25 heavy (non-hydrogen) atoms. The van der Waals surface area contributed by atoms with E-state index in [2.05, 4.69) is 10.3 Å². The molecule has 1 aliphatic carbocycles. The molecule has 0 aliphatic heterocycles. The Kier molecular flexibility index (Phi) is 5.75. The Morgan fingerprint density at radius 3 is 2.68 bits per heavy atom. The maximum absolute atomic E-state index is 12.4. The van der Waals surface area contributed by atoms with Crippen LogP contribution in [-0.2, 0) is 9.53 Å². The number of nitrogens with zero attached hydrogens (tertiary/aromatic N) is 2. The molecular formula is C18H21N3O3S. The lowest BCUT2D eigenvalue weighted by molar-refractivity contribution is -0.124. The first kappa shape index (κ1) is 17.5. The number of thioether (sulfide) groups is 1. The molecule has 1 aliphatic rings. The number of hydrogen-bond acceptors (Lipinski definition) is 5. The molecule has 1 aromatic carbocycles. The van der Waals surface area contributed by atoms with Gasteiger partial charge in [-0.1, -0.05) is 42.8 Å². The number of amides is 1. The fraction of sp³-hybridized carbons (Fsp3) is 0.389. The smallest absolute Gasteiger partial charge is 0.357 e. The van der Waals surface area contributed by atoms with Gasteiger partial charge in [0.1, 0.15) is 0 Å². The molecule has 1 aromatic heterocycles. The van der Waals surface area contributed by atoms with Gasteiger partial charge in [-0.15, -0.1) is 0 Å². The number of imidazole rings is 1. The van der Waals surface area contributed by atoms with Crippen molar-refractivity contribution in [2.45, 2.75) is 36.9 Å². The second kappa shape index (κ2) is 8.20. The third kappa shape index (κ3) is 4.22. The highest BCUT2D eigenvalue weighted by Crippen LogP contribution is 2.22. The van der Waals surface area contributed by atoms with E-state index < -0.39 is 5.97 Å². The Labute approximate surface area is 151 Å².